The van der Waals surface area contributed by atoms with Gasteiger partial charge in [-0.15, -0.1) is 0 Å². The van der Waals surface area contributed by atoms with Gasteiger partial charge in [0.15, 0.2) is 6.54 Å². The van der Waals surface area contributed by atoms with E-state index in [-0.39, 0.29) is 10.5 Å². The van der Waals surface area contributed by atoms with E-state index in [0.29, 0.717) is 0 Å². The largest absolute Gasteiger partial charge is 0.405 e. The third kappa shape index (κ3) is 6.29. The lowest BCUT2D eigenvalue weighted by Gasteiger charge is -2.08. The molecule has 0 saturated carbocycles. The molecule has 0 radical (unpaired) electrons. The predicted molar refractivity (Wildman–Crippen MR) is 93.3 cm³/mol. The van der Waals surface area contributed by atoms with Gasteiger partial charge in [0, 0.05) is 0 Å². The van der Waals surface area contributed by atoms with E-state index < -0.39 is 52.6 Å². The summed E-state index contributed by atoms with van der Waals surface area (Å²) in [6.07, 6.45) is -3.54. The predicted octanol–water partition coefficient (Wildman–Crippen LogP) is 2.29. The van der Waals surface area contributed by atoms with Crippen LogP contribution in [0, 0.1) is 17.0 Å². The molecule has 1 heterocycles. The van der Waals surface area contributed by atoms with Gasteiger partial charge in [-0.05, 0) is 30.0 Å². The summed E-state index contributed by atoms with van der Waals surface area (Å²) in [5, 5.41) is 12.9. The Morgan fingerprint density at radius 1 is 1.24 bits per heavy atom. The molecular weight excluding hydrogens is 419 g/mol. The Hall–Kier alpha value is -2.93. The maximum absolute atomic E-state index is 12.2. The van der Waals surface area contributed by atoms with Crippen LogP contribution in [0.3, 0.4) is 0 Å². The van der Waals surface area contributed by atoms with Crippen LogP contribution in [0.4, 0.5) is 19.0 Å². The fraction of sp³-hybridized carbons (Fsp3) is 0.312. The normalized spacial score (nSPS) is 12.0. The molecule has 13 heteroatoms. The Kier molecular flexibility index (Phi) is 6.64. The first-order valence-corrected chi connectivity index (χ1v) is 9.42. The minimum atomic E-state index is -4.62. The van der Waals surface area contributed by atoms with Gasteiger partial charge in [0.2, 0.25) is 0 Å². The van der Waals surface area contributed by atoms with Crippen molar-refractivity contribution >= 4 is 21.8 Å². The number of amides is 1. The summed E-state index contributed by atoms with van der Waals surface area (Å²) in [5.41, 5.74) is 0.662. The molecule has 1 aromatic heterocycles. The molecule has 158 valence electrons. The second kappa shape index (κ2) is 8.61. The molecule has 0 aliphatic carbocycles. The Labute approximate surface area is 163 Å². The second-order valence-electron chi connectivity index (χ2n) is 5.97. The van der Waals surface area contributed by atoms with Crippen molar-refractivity contribution in [3.63, 3.8) is 0 Å². The molecule has 1 amide bonds. The van der Waals surface area contributed by atoms with Gasteiger partial charge >= 0.3 is 12.0 Å². The summed E-state index contributed by atoms with van der Waals surface area (Å²) in [5.74, 6) is -1.76. The molecule has 2 rings (SSSR count). The van der Waals surface area contributed by atoms with E-state index in [1.165, 1.54) is 12.1 Å². The number of hydrogen-bond donors (Lipinski definition) is 1. The summed E-state index contributed by atoms with van der Waals surface area (Å²) in [4.78, 5) is 21.9. The average molecular weight is 435 g/mol. The van der Waals surface area contributed by atoms with Crippen molar-refractivity contribution in [1.82, 2.24) is 9.88 Å². The van der Waals surface area contributed by atoms with E-state index in [0.717, 1.165) is 22.4 Å². The van der Waals surface area contributed by atoms with Gasteiger partial charge in [0.25, 0.3) is 16.0 Å². The van der Waals surface area contributed by atoms with Crippen LogP contribution in [0.25, 0.3) is 0 Å². The number of alkyl halides is 3. The van der Waals surface area contributed by atoms with Crippen LogP contribution in [0.1, 0.15) is 11.1 Å². The fourth-order valence-electron chi connectivity index (χ4n) is 2.30. The van der Waals surface area contributed by atoms with E-state index in [1.807, 2.05) is 0 Å². The number of nitro groups is 1. The van der Waals surface area contributed by atoms with Gasteiger partial charge in [-0.3, -0.25) is 8.98 Å². The molecule has 29 heavy (non-hydrogen) atoms. The number of aromatic nitrogens is 1. The van der Waals surface area contributed by atoms with Crippen molar-refractivity contribution in [3.05, 3.63) is 57.8 Å². The highest BCUT2D eigenvalue weighted by molar-refractivity contribution is 7.86. The first kappa shape index (κ1) is 22.4. The minimum absolute atomic E-state index is 0.142. The van der Waals surface area contributed by atoms with E-state index >= 15 is 0 Å². The van der Waals surface area contributed by atoms with Crippen LogP contribution in [0.15, 0.2) is 41.4 Å². The fourth-order valence-corrected chi connectivity index (χ4v) is 3.18. The molecule has 2 aromatic rings. The lowest BCUT2D eigenvalue weighted by atomic mass is 10.2. The molecule has 0 bridgehead atoms. The zero-order valence-corrected chi connectivity index (χ0v) is 15.8. The van der Waals surface area contributed by atoms with Crippen molar-refractivity contribution in [2.45, 2.75) is 31.1 Å². The number of halogens is 3. The average Bonchev–Trinajstić information content (AvgIpc) is 3.01. The van der Waals surface area contributed by atoms with Crippen LogP contribution in [0.5, 0.6) is 0 Å². The van der Waals surface area contributed by atoms with Crippen molar-refractivity contribution in [2.24, 2.45) is 0 Å². The van der Waals surface area contributed by atoms with E-state index in [2.05, 4.69) is 0 Å². The van der Waals surface area contributed by atoms with Crippen molar-refractivity contribution in [1.29, 1.82) is 0 Å². The van der Waals surface area contributed by atoms with E-state index in [9.17, 15) is 36.5 Å². The molecule has 0 saturated heterocycles. The van der Waals surface area contributed by atoms with Crippen LogP contribution >= 0.6 is 0 Å². The van der Waals surface area contributed by atoms with Crippen LogP contribution < -0.4 is 5.32 Å². The molecule has 1 aromatic carbocycles. The summed E-state index contributed by atoms with van der Waals surface area (Å²) in [6, 6.07) is 6.88. The Bertz CT molecular complexity index is 1000. The molecule has 1 N–H and O–H groups in total. The van der Waals surface area contributed by atoms with Gasteiger partial charge in [-0.1, -0.05) is 17.7 Å². The van der Waals surface area contributed by atoms with Crippen LogP contribution in [-0.4, -0.2) is 36.5 Å². The minimum Gasteiger partial charge on any atom is -0.358 e. The Balaban J connectivity index is 2.13. The third-order valence-corrected chi connectivity index (χ3v) is 4.94. The SMILES string of the molecule is Cc1ccc(S(=O)(=O)OCc2ccn(CC(=O)NCC(F)(F)F)c2[N+](=O)[O-])cc1. The number of carbonyl (C=O) groups is 1. The van der Waals surface area contributed by atoms with Crippen LogP contribution in [-0.2, 0) is 32.2 Å². The number of hydrogen-bond acceptors (Lipinski definition) is 6. The van der Waals surface area contributed by atoms with Gasteiger partial charge in [0.05, 0.1) is 23.3 Å². The topological polar surface area (TPSA) is 121 Å². The van der Waals surface area contributed by atoms with E-state index in [4.69, 9.17) is 4.18 Å². The Morgan fingerprint density at radius 2 is 1.86 bits per heavy atom. The lowest BCUT2D eigenvalue weighted by molar-refractivity contribution is -0.392. The molecule has 9 nitrogen and oxygen atoms in total. The van der Waals surface area contributed by atoms with Crippen molar-refractivity contribution in [2.75, 3.05) is 6.54 Å². The van der Waals surface area contributed by atoms with E-state index in [1.54, 1.807) is 24.4 Å². The molecule has 0 fully saturated rings. The first-order chi connectivity index (χ1) is 13.4. The van der Waals surface area contributed by atoms with Gasteiger partial charge in [0.1, 0.15) is 6.54 Å². The highest BCUT2D eigenvalue weighted by Crippen LogP contribution is 2.23. The maximum atomic E-state index is 12.2. The standard InChI is InChI=1S/C16H16F3N3O6S/c1-11-2-4-13(5-3-11)29(26,27)28-9-12-6-7-21(15(12)22(24)25)8-14(23)20-10-16(17,18)19/h2-7H,8-10H2,1H3,(H,20,23). The number of carbonyl (C=O) groups excluding carboxylic acids is 1. The second-order valence-corrected chi connectivity index (χ2v) is 7.59. The summed E-state index contributed by atoms with van der Waals surface area (Å²) in [7, 11) is -4.19. The summed E-state index contributed by atoms with van der Waals surface area (Å²) in [6.45, 7) is -1.26. The first-order valence-electron chi connectivity index (χ1n) is 8.01. The third-order valence-electron chi connectivity index (χ3n) is 3.67. The molecule has 0 aliphatic rings. The van der Waals surface area contributed by atoms with Crippen LogP contribution in [0.2, 0.25) is 0 Å². The number of nitrogens with one attached hydrogen (secondary N) is 1. The highest BCUT2D eigenvalue weighted by atomic mass is 32.2. The number of nitrogens with zero attached hydrogens (tertiary/aromatic N) is 2. The highest BCUT2D eigenvalue weighted by Gasteiger charge is 2.29. The van der Waals surface area contributed by atoms with Gasteiger partial charge in [-0.2, -0.15) is 21.6 Å². The molecule has 0 spiro atoms. The quantitative estimate of drug-likeness (QED) is 0.386. The van der Waals surface area contributed by atoms with Crippen molar-refractivity contribution in [3.8, 4) is 0 Å². The lowest BCUT2D eigenvalue weighted by Crippen LogP contribution is -2.35. The smallest absolute Gasteiger partial charge is 0.358 e. The molecule has 0 aliphatic heterocycles. The summed E-state index contributed by atoms with van der Waals surface area (Å²) < 4.78 is 66.4. The number of benzene rings is 1. The molecule has 0 unspecified atom stereocenters. The zero-order chi connectivity index (χ0) is 21.8. The maximum Gasteiger partial charge on any atom is 0.405 e. The zero-order valence-electron chi connectivity index (χ0n) is 15.0. The van der Waals surface area contributed by atoms with Crippen molar-refractivity contribution < 1.29 is 35.5 Å². The van der Waals surface area contributed by atoms with Gasteiger partial charge in [-0.25, -0.2) is 4.57 Å². The number of rotatable bonds is 8. The van der Waals surface area contributed by atoms with Gasteiger partial charge < -0.3 is 15.4 Å². The monoisotopic (exact) mass is 435 g/mol. The number of aryl methyl sites for hydroxylation is 1. The molecular formula is C16H16F3N3O6S. The Morgan fingerprint density at radius 3 is 2.41 bits per heavy atom. The summed E-state index contributed by atoms with van der Waals surface area (Å²) >= 11 is 0. The molecule has 0 atom stereocenters.